The molecule has 0 aliphatic heterocycles. The molecule has 0 bridgehead atoms. The maximum absolute atomic E-state index is 11.5. The van der Waals surface area contributed by atoms with Crippen molar-refractivity contribution in [3.63, 3.8) is 0 Å². The maximum atomic E-state index is 11.5. The zero-order valence-corrected chi connectivity index (χ0v) is 10.0. The van der Waals surface area contributed by atoms with E-state index >= 15 is 0 Å². The van der Waals surface area contributed by atoms with Crippen molar-refractivity contribution in [2.45, 2.75) is 45.8 Å². The zero-order chi connectivity index (χ0) is 11.6. The van der Waals surface area contributed by atoms with Crippen molar-refractivity contribution in [3.8, 4) is 0 Å². The second kappa shape index (κ2) is 4.17. The molecule has 0 aromatic heterocycles. The third kappa shape index (κ3) is 3.18. The highest BCUT2D eigenvalue weighted by Gasteiger charge is 2.36. The lowest BCUT2D eigenvalue weighted by molar-refractivity contribution is -0.000742. The van der Waals surface area contributed by atoms with E-state index in [1.54, 1.807) is 39.6 Å². The zero-order valence-electron chi connectivity index (χ0n) is 10.0. The van der Waals surface area contributed by atoms with Crippen molar-refractivity contribution in [1.82, 2.24) is 10.2 Å². The molecule has 4 heteroatoms. The Morgan fingerprint density at radius 3 is 2.07 bits per heavy atom. The molecule has 0 spiro atoms. The molecule has 84 valence electrons. The largest absolute Gasteiger partial charge is 0.388 e. The van der Waals surface area contributed by atoms with Crippen LogP contribution in [0, 0.1) is 0 Å². The van der Waals surface area contributed by atoms with E-state index in [-0.39, 0.29) is 6.03 Å². The lowest BCUT2D eigenvalue weighted by Gasteiger charge is -2.38. The van der Waals surface area contributed by atoms with Crippen LogP contribution in [0.3, 0.4) is 0 Å². The number of amides is 2. The number of hydrogen-bond acceptors (Lipinski definition) is 2. The van der Waals surface area contributed by atoms with Crippen molar-refractivity contribution in [2.24, 2.45) is 0 Å². The van der Waals surface area contributed by atoms with Crippen LogP contribution in [0.5, 0.6) is 0 Å². The first-order valence-electron chi connectivity index (χ1n) is 4.87. The molecule has 2 N–H and O–H groups in total. The molecule has 0 saturated carbocycles. The Hall–Kier alpha value is -0.770. The molecular weight excluding hydrogens is 180 g/mol. The first kappa shape index (κ1) is 13.2. The minimum absolute atomic E-state index is 0.167. The first-order valence-corrected chi connectivity index (χ1v) is 4.87. The molecule has 0 saturated heterocycles. The highest BCUT2D eigenvalue weighted by atomic mass is 16.3. The van der Waals surface area contributed by atoms with Gasteiger partial charge in [-0.15, -0.1) is 0 Å². The van der Waals surface area contributed by atoms with Crippen molar-refractivity contribution < 1.29 is 9.90 Å². The van der Waals surface area contributed by atoms with E-state index < -0.39 is 11.1 Å². The molecule has 0 rings (SSSR count). The van der Waals surface area contributed by atoms with Gasteiger partial charge in [0.1, 0.15) is 0 Å². The topological polar surface area (TPSA) is 52.6 Å². The summed E-state index contributed by atoms with van der Waals surface area (Å²) in [5.74, 6) is 0. The number of aliphatic hydroxyl groups is 1. The Morgan fingerprint density at radius 2 is 1.79 bits per heavy atom. The molecular formula is C10H22N2O2. The van der Waals surface area contributed by atoms with Gasteiger partial charge in [0, 0.05) is 13.6 Å². The quantitative estimate of drug-likeness (QED) is 0.722. The van der Waals surface area contributed by atoms with Gasteiger partial charge in [-0.05, 0) is 34.6 Å². The average Bonchev–Trinajstić information content (AvgIpc) is 2.00. The number of carbonyl (C=O) groups is 1. The summed E-state index contributed by atoms with van der Waals surface area (Å²) < 4.78 is 0. The number of carbonyl (C=O) groups excluding carboxylic acids is 1. The van der Waals surface area contributed by atoms with E-state index in [2.05, 4.69) is 5.32 Å². The van der Waals surface area contributed by atoms with Gasteiger partial charge in [0.05, 0.1) is 11.1 Å². The van der Waals surface area contributed by atoms with Crippen LogP contribution in [0.15, 0.2) is 0 Å². The Kier molecular flexibility index (Phi) is 3.94. The second-order valence-corrected chi connectivity index (χ2v) is 4.63. The van der Waals surface area contributed by atoms with Gasteiger partial charge in [0.2, 0.25) is 0 Å². The van der Waals surface area contributed by atoms with E-state index in [0.29, 0.717) is 6.54 Å². The lowest BCUT2D eigenvalue weighted by Crippen LogP contribution is -2.59. The summed E-state index contributed by atoms with van der Waals surface area (Å²) in [5.41, 5.74) is -1.59. The molecule has 0 unspecified atom stereocenters. The fourth-order valence-electron chi connectivity index (χ4n) is 0.659. The van der Waals surface area contributed by atoms with Crippen molar-refractivity contribution in [3.05, 3.63) is 0 Å². The van der Waals surface area contributed by atoms with Crippen LogP contribution >= 0.6 is 0 Å². The average molecular weight is 202 g/mol. The van der Waals surface area contributed by atoms with E-state index in [4.69, 9.17) is 0 Å². The van der Waals surface area contributed by atoms with Crippen LogP contribution < -0.4 is 5.32 Å². The summed E-state index contributed by atoms with van der Waals surface area (Å²) in [6.45, 7) is 9.51. The van der Waals surface area contributed by atoms with Crippen LogP contribution in [0.4, 0.5) is 4.79 Å². The van der Waals surface area contributed by atoms with Crippen LogP contribution in [0.2, 0.25) is 0 Å². The van der Waals surface area contributed by atoms with Gasteiger partial charge in [-0.2, -0.15) is 0 Å². The smallest absolute Gasteiger partial charge is 0.317 e. The van der Waals surface area contributed by atoms with Gasteiger partial charge in [0.25, 0.3) is 0 Å². The van der Waals surface area contributed by atoms with E-state index in [0.717, 1.165) is 0 Å². The Labute approximate surface area is 86.3 Å². The third-order valence-corrected chi connectivity index (χ3v) is 2.77. The Balaban J connectivity index is 4.45. The van der Waals surface area contributed by atoms with Crippen molar-refractivity contribution >= 4 is 6.03 Å². The molecule has 0 aliphatic rings. The van der Waals surface area contributed by atoms with Crippen LogP contribution in [-0.2, 0) is 0 Å². The summed E-state index contributed by atoms with van der Waals surface area (Å²) in [4.78, 5) is 13.1. The Morgan fingerprint density at radius 1 is 1.36 bits per heavy atom. The third-order valence-electron chi connectivity index (χ3n) is 2.77. The number of rotatable bonds is 3. The van der Waals surface area contributed by atoms with Gasteiger partial charge in [-0.25, -0.2) is 4.79 Å². The monoisotopic (exact) mass is 202 g/mol. The van der Waals surface area contributed by atoms with Crippen LogP contribution in [0.1, 0.15) is 34.6 Å². The predicted octanol–water partition coefficient (Wildman–Crippen LogP) is 1.20. The minimum Gasteiger partial charge on any atom is -0.388 e. The summed E-state index contributed by atoms with van der Waals surface area (Å²) in [6.07, 6.45) is 0. The number of nitrogens with one attached hydrogen (secondary N) is 1. The summed E-state index contributed by atoms with van der Waals surface area (Å²) in [7, 11) is 1.72. The first-order chi connectivity index (χ1) is 6.12. The van der Waals surface area contributed by atoms with Gasteiger partial charge < -0.3 is 15.3 Å². The molecule has 0 atom stereocenters. The molecule has 0 radical (unpaired) electrons. The fourth-order valence-corrected chi connectivity index (χ4v) is 0.659. The SMILES string of the molecule is CCN(C)C(=O)NC(C)(C)C(C)(C)O. The van der Waals surface area contributed by atoms with E-state index in [9.17, 15) is 9.90 Å². The van der Waals surface area contributed by atoms with Crippen molar-refractivity contribution in [1.29, 1.82) is 0 Å². The molecule has 2 amide bonds. The highest BCUT2D eigenvalue weighted by molar-refractivity contribution is 5.74. The predicted molar refractivity (Wildman–Crippen MR) is 57.2 cm³/mol. The molecule has 0 aromatic carbocycles. The highest BCUT2D eigenvalue weighted by Crippen LogP contribution is 2.20. The summed E-state index contributed by atoms with van der Waals surface area (Å²) in [6, 6.07) is -0.167. The number of hydrogen-bond donors (Lipinski definition) is 2. The second-order valence-electron chi connectivity index (χ2n) is 4.63. The van der Waals surface area contributed by atoms with Gasteiger partial charge in [-0.3, -0.25) is 0 Å². The molecule has 0 heterocycles. The molecule has 0 aromatic rings. The van der Waals surface area contributed by atoms with Crippen LogP contribution in [-0.4, -0.2) is 40.8 Å². The summed E-state index contributed by atoms with van der Waals surface area (Å²) >= 11 is 0. The van der Waals surface area contributed by atoms with Crippen molar-refractivity contribution in [2.75, 3.05) is 13.6 Å². The van der Waals surface area contributed by atoms with Gasteiger partial charge in [-0.1, -0.05) is 0 Å². The standard InChI is InChI=1S/C10H22N2O2/c1-7-12(6)8(13)11-9(2,3)10(4,5)14/h14H,7H2,1-6H3,(H,11,13). The van der Waals surface area contributed by atoms with Crippen LogP contribution in [0.25, 0.3) is 0 Å². The molecule has 4 nitrogen and oxygen atoms in total. The lowest BCUT2D eigenvalue weighted by atomic mass is 9.86. The number of nitrogens with zero attached hydrogens (tertiary/aromatic N) is 1. The molecule has 14 heavy (non-hydrogen) atoms. The molecule has 0 fully saturated rings. The Bertz CT molecular complexity index is 207. The normalized spacial score (nSPS) is 12.5. The fraction of sp³-hybridized carbons (Fsp3) is 0.900. The summed E-state index contributed by atoms with van der Waals surface area (Å²) in [5, 5.41) is 12.6. The maximum Gasteiger partial charge on any atom is 0.317 e. The van der Waals surface area contributed by atoms with E-state index in [1.807, 2.05) is 6.92 Å². The minimum atomic E-state index is -0.947. The van der Waals surface area contributed by atoms with E-state index in [1.165, 1.54) is 0 Å². The number of urea groups is 1. The van der Waals surface area contributed by atoms with Gasteiger partial charge in [0.15, 0.2) is 0 Å². The van der Waals surface area contributed by atoms with Gasteiger partial charge >= 0.3 is 6.03 Å². The molecule has 0 aliphatic carbocycles.